The smallest absolute Gasteiger partial charge is 0.407 e. The lowest BCUT2D eigenvalue weighted by molar-refractivity contribution is 0.0489. The summed E-state index contributed by atoms with van der Waals surface area (Å²) in [5.41, 5.74) is -0.413. The summed E-state index contributed by atoms with van der Waals surface area (Å²) in [6.45, 7) is 6.95. The molecule has 0 saturated heterocycles. The van der Waals surface area contributed by atoms with E-state index < -0.39 is 5.60 Å². The van der Waals surface area contributed by atoms with Crippen LogP contribution < -0.4 is 10.6 Å². The fourth-order valence-electron chi connectivity index (χ4n) is 3.99. The highest BCUT2D eigenvalue weighted by atomic mass is 16.6. The first-order chi connectivity index (χ1) is 10.9. The molecule has 0 aromatic rings. The van der Waals surface area contributed by atoms with E-state index >= 15 is 0 Å². The molecule has 3 fully saturated rings. The van der Waals surface area contributed by atoms with E-state index in [0.717, 1.165) is 30.6 Å². The zero-order valence-corrected chi connectivity index (χ0v) is 15.1. The molecule has 0 spiro atoms. The molecular weight excluding hydrogens is 288 g/mol. The van der Waals surface area contributed by atoms with Crippen LogP contribution in [0.3, 0.4) is 0 Å². The third kappa shape index (κ3) is 5.66. The Balaban J connectivity index is 1.33. The van der Waals surface area contributed by atoms with Gasteiger partial charge in [-0.2, -0.15) is 0 Å². The van der Waals surface area contributed by atoms with Crippen LogP contribution in [0.4, 0.5) is 4.79 Å². The molecular formula is C19H34N2O2. The maximum atomic E-state index is 11.8. The molecule has 4 nitrogen and oxygen atoms in total. The summed E-state index contributed by atoms with van der Waals surface area (Å²) in [5.74, 6) is 3.01. The molecule has 0 bridgehead atoms. The van der Waals surface area contributed by atoms with Crippen LogP contribution in [0.2, 0.25) is 0 Å². The predicted octanol–water partition coefficient (Wildman–Crippen LogP) is 3.85. The number of nitrogens with one attached hydrogen (secondary N) is 2. The van der Waals surface area contributed by atoms with Crippen molar-refractivity contribution in [1.29, 1.82) is 0 Å². The summed E-state index contributed by atoms with van der Waals surface area (Å²) in [6.07, 6.45) is 10.1. The van der Waals surface area contributed by atoms with E-state index in [1.54, 1.807) is 0 Å². The molecule has 1 amide bonds. The molecule has 23 heavy (non-hydrogen) atoms. The highest BCUT2D eigenvalue weighted by Crippen LogP contribution is 2.48. The van der Waals surface area contributed by atoms with Gasteiger partial charge < -0.3 is 15.4 Å². The Morgan fingerprint density at radius 2 is 1.48 bits per heavy atom. The average Bonchev–Trinajstić information content (AvgIpc) is 3.33. The SMILES string of the molecule is CC(C)(C)OC(=O)NC1CCC(NCC(C2CC2)C2CC2)CC1. The van der Waals surface area contributed by atoms with Gasteiger partial charge in [0, 0.05) is 12.1 Å². The van der Waals surface area contributed by atoms with Crippen LogP contribution in [0.5, 0.6) is 0 Å². The van der Waals surface area contributed by atoms with Crippen molar-refractivity contribution in [3.8, 4) is 0 Å². The number of carbonyl (C=O) groups excluding carboxylic acids is 1. The van der Waals surface area contributed by atoms with Gasteiger partial charge in [-0.3, -0.25) is 0 Å². The van der Waals surface area contributed by atoms with Crippen molar-refractivity contribution in [2.45, 2.75) is 89.8 Å². The summed E-state index contributed by atoms with van der Waals surface area (Å²) in [4.78, 5) is 11.8. The number of carbonyl (C=O) groups is 1. The van der Waals surface area contributed by atoms with E-state index in [0.29, 0.717) is 6.04 Å². The quantitative estimate of drug-likeness (QED) is 0.781. The normalized spacial score (nSPS) is 28.7. The van der Waals surface area contributed by atoms with Crippen LogP contribution >= 0.6 is 0 Å². The summed E-state index contributed by atoms with van der Waals surface area (Å²) in [7, 11) is 0. The number of alkyl carbamates (subject to hydrolysis) is 1. The van der Waals surface area contributed by atoms with Crippen molar-refractivity contribution in [1.82, 2.24) is 10.6 Å². The third-order valence-electron chi connectivity index (χ3n) is 5.55. The Hall–Kier alpha value is -0.770. The fraction of sp³-hybridized carbons (Fsp3) is 0.947. The van der Waals surface area contributed by atoms with Gasteiger partial charge in [0.2, 0.25) is 0 Å². The van der Waals surface area contributed by atoms with E-state index in [2.05, 4.69) is 10.6 Å². The lowest BCUT2D eigenvalue weighted by Crippen LogP contribution is -2.44. The van der Waals surface area contributed by atoms with Crippen molar-refractivity contribution in [2.24, 2.45) is 17.8 Å². The second kappa shape index (κ2) is 7.00. The standard InChI is InChI=1S/C19H34N2O2/c1-19(2,3)23-18(22)21-16-10-8-15(9-11-16)20-12-17(13-4-5-13)14-6-7-14/h13-17,20H,4-12H2,1-3H3,(H,21,22). The molecule has 0 atom stereocenters. The van der Waals surface area contributed by atoms with E-state index in [4.69, 9.17) is 4.74 Å². The molecule has 3 rings (SSSR count). The Bertz CT molecular complexity index is 390. The minimum atomic E-state index is -0.413. The highest BCUT2D eigenvalue weighted by Gasteiger charge is 2.41. The van der Waals surface area contributed by atoms with Gasteiger partial charge >= 0.3 is 6.09 Å². The summed E-state index contributed by atoms with van der Waals surface area (Å²) in [6, 6.07) is 0.928. The van der Waals surface area contributed by atoms with Crippen molar-refractivity contribution in [2.75, 3.05) is 6.54 Å². The van der Waals surface area contributed by atoms with Crippen LogP contribution in [0.25, 0.3) is 0 Å². The molecule has 0 aromatic carbocycles. The van der Waals surface area contributed by atoms with E-state index in [9.17, 15) is 4.79 Å². The van der Waals surface area contributed by atoms with Crippen LogP contribution in [0.1, 0.15) is 72.1 Å². The summed E-state index contributed by atoms with van der Waals surface area (Å²) < 4.78 is 5.35. The molecule has 0 heterocycles. The first kappa shape index (κ1) is 17.1. The summed E-state index contributed by atoms with van der Waals surface area (Å²) >= 11 is 0. The molecule has 0 aliphatic heterocycles. The van der Waals surface area contributed by atoms with Gasteiger partial charge in [0.1, 0.15) is 5.60 Å². The van der Waals surface area contributed by atoms with Gasteiger partial charge in [0.05, 0.1) is 0 Å². The largest absolute Gasteiger partial charge is 0.444 e. The van der Waals surface area contributed by atoms with E-state index in [1.165, 1.54) is 45.1 Å². The second-order valence-electron chi connectivity index (χ2n) is 8.94. The Morgan fingerprint density at radius 3 is 1.96 bits per heavy atom. The number of hydrogen-bond donors (Lipinski definition) is 2. The number of ether oxygens (including phenoxy) is 1. The lowest BCUT2D eigenvalue weighted by Gasteiger charge is -2.31. The third-order valence-corrected chi connectivity index (χ3v) is 5.55. The summed E-state index contributed by atoms with van der Waals surface area (Å²) in [5, 5.41) is 6.86. The Labute approximate surface area is 141 Å². The number of hydrogen-bond acceptors (Lipinski definition) is 3. The predicted molar refractivity (Wildman–Crippen MR) is 92.4 cm³/mol. The molecule has 3 aliphatic rings. The molecule has 2 N–H and O–H groups in total. The first-order valence-electron chi connectivity index (χ1n) is 9.63. The maximum absolute atomic E-state index is 11.8. The van der Waals surface area contributed by atoms with Crippen molar-refractivity contribution >= 4 is 6.09 Å². The van der Waals surface area contributed by atoms with Gasteiger partial charge in [-0.25, -0.2) is 4.79 Å². The van der Waals surface area contributed by atoms with Crippen LogP contribution in [-0.4, -0.2) is 30.3 Å². The van der Waals surface area contributed by atoms with Crippen LogP contribution in [0.15, 0.2) is 0 Å². The van der Waals surface area contributed by atoms with Crippen molar-refractivity contribution in [3.05, 3.63) is 0 Å². The number of rotatable bonds is 6. The topological polar surface area (TPSA) is 50.4 Å². The van der Waals surface area contributed by atoms with Crippen molar-refractivity contribution in [3.63, 3.8) is 0 Å². The molecule has 3 saturated carbocycles. The minimum Gasteiger partial charge on any atom is -0.444 e. The highest BCUT2D eigenvalue weighted by molar-refractivity contribution is 5.68. The van der Waals surface area contributed by atoms with Gasteiger partial charge in [-0.05, 0) is 96.4 Å². The van der Waals surface area contributed by atoms with Crippen molar-refractivity contribution < 1.29 is 9.53 Å². The molecule has 132 valence electrons. The second-order valence-corrected chi connectivity index (χ2v) is 8.94. The van der Waals surface area contributed by atoms with Gasteiger partial charge in [-0.15, -0.1) is 0 Å². The average molecular weight is 322 g/mol. The Morgan fingerprint density at radius 1 is 0.957 bits per heavy atom. The molecule has 4 heteroatoms. The zero-order valence-electron chi connectivity index (χ0n) is 15.1. The Kier molecular flexibility index (Phi) is 5.19. The minimum absolute atomic E-state index is 0.267. The zero-order chi connectivity index (χ0) is 16.4. The molecule has 0 radical (unpaired) electrons. The van der Waals surface area contributed by atoms with Gasteiger partial charge in [0.25, 0.3) is 0 Å². The van der Waals surface area contributed by atoms with Gasteiger partial charge in [0.15, 0.2) is 0 Å². The number of amides is 1. The van der Waals surface area contributed by atoms with E-state index in [-0.39, 0.29) is 12.1 Å². The van der Waals surface area contributed by atoms with Crippen LogP contribution in [-0.2, 0) is 4.74 Å². The molecule has 0 aromatic heterocycles. The maximum Gasteiger partial charge on any atom is 0.407 e. The molecule has 3 aliphatic carbocycles. The monoisotopic (exact) mass is 322 g/mol. The first-order valence-corrected chi connectivity index (χ1v) is 9.63. The van der Waals surface area contributed by atoms with E-state index in [1.807, 2.05) is 20.8 Å². The fourth-order valence-corrected chi connectivity index (χ4v) is 3.99. The lowest BCUT2D eigenvalue weighted by atomic mass is 9.90. The van der Waals surface area contributed by atoms with Gasteiger partial charge in [-0.1, -0.05) is 0 Å². The molecule has 0 unspecified atom stereocenters. The van der Waals surface area contributed by atoms with Crippen LogP contribution in [0, 0.1) is 17.8 Å².